The van der Waals surface area contributed by atoms with Crippen LogP contribution in [0.2, 0.25) is 10.0 Å². The van der Waals surface area contributed by atoms with Gasteiger partial charge in [0, 0.05) is 13.2 Å². The monoisotopic (exact) mass is 424 g/mol. The Morgan fingerprint density at radius 3 is 2.64 bits per heavy atom. The highest BCUT2D eigenvalue weighted by Gasteiger charge is 2.47. The van der Waals surface area contributed by atoms with E-state index in [9.17, 15) is 15.3 Å². The van der Waals surface area contributed by atoms with Gasteiger partial charge < -0.3 is 29.9 Å². The summed E-state index contributed by atoms with van der Waals surface area (Å²) >= 11 is 11.9. The second kappa shape index (κ2) is 7.47. The van der Waals surface area contributed by atoms with Crippen LogP contribution in [0.4, 0.5) is 5.82 Å². The summed E-state index contributed by atoms with van der Waals surface area (Å²) in [6.45, 7) is 0. The molecular formula is C18H18Cl2N4O4. The average Bonchev–Trinajstić information content (AvgIpc) is 3.25. The number of nitrogens with zero attached hydrogens (tertiary/aromatic N) is 3. The van der Waals surface area contributed by atoms with Crippen molar-refractivity contribution in [2.45, 2.75) is 30.6 Å². The lowest BCUT2D eigenvalue weighted by atomic mass is 9.99. The third-order valence-electron chi connectivity index (χ3n) is 4.89. The first kappa shape index (κ1) is 19.4. The summed E-state index contributed by atoms with van der Waals surface area (Å²) in [6, 6.07) is 6.42. The van der Waals surface area contributed by atoms with Crippen LogP contribution in [-0.2, 0) is 4.74 Å². The van der Waals surface area contributed by atoms with E-state index < -0.39 is 30.6 Å². The molecule has 1 aliphatic heterocycles. The highest BCUT2D eigenvalue weighted by atomic mass is 35.5. The summed E-state index contributed by atoms with van der Waals surface area (Å²) in [4.78, 5) is 8.39. The fourth-order valence-electron chi connectivity index (χ4n) is 3.44. The Kier molecular flexibility index (Phi) is 5.17. The highest BCUT2D eigenvalue weighted by Crippen LogP contribution is 2.38. The molecule has 0 amide bonds. The molecule has 0 bridgehead atoms. The summed E-state index contributed by atoms with van der Waals surface area (Å²) < 4.78 is 7.46. The number of aliphatic hydroxyl groups excluding tert-OH is 3. The number of nitrogens with one attached hydrogen (secondary N) is 1. The summed E-state index contributed by atoms with van der Waals surface area (Å²) in [5, 5.41) is 36.1. The number of benzene rings is 1. The van der Waals surface area contributed by atoms with Crippen molar-refractivity contribution in [3.05, 3.63) is 52.4 Å². The summed E-state index contributed by atoms with van der Waals surface area (Å²) in [5.41, 5.74) is 0.948. The first-order chi connectivity index (χ1) is 13.4. The predicted molar refractivity (Wildman–Crippen MR) is 104 cm³/mol. The molecule has 4 N–H and O–H groups in total. The van der Waals surface area contributed by atoms with E-state index in [1.54, 1.807) is 36.0 Å². The van der Waals surface area contributed by atoms with Crippen molar-refractivity contribution in [3.63, 3.8) is 0 Å². The topological polar surface area (TPSA) is 113 Å². The van der Waals surface area contributed by atoms with Crippen molar-refractivity contribution >= 4 is 40.1 Å². The van der Waals surface area contributed by atoms with Crippen LogP contribution in [0, 0.1) is 0 Å². The number of anilines is 1. The third-order valence-corrected chi connectivity index (χ3v) is 5.63. The van der Waals surface area contributed by atoms with E-state index in [0.717, 1.165) is 5.39 Å². The minimum absolute atomic E-state index is 0.274. The molecule has 0 saturated carbocycles. The Morgan fingerprint density at radius 1 is 1.14 bits per heavy atom. The maximum atomic E-state index is 10.7. The maximum absolute atomic E-state index is 10.7. The summed E-state index contributed by atoms with van der Waals surface area (Å²) in [7, 11) is 1.74. The van der Waals surface area contributed by atoms with Crippen LogP contribution in [0.3, 0.4) is 0 Å². The number of ether oxygens (including phenoxy) is 1. The molecule has 5 atom stereocenters. The van der Waals surface area contributed by atoms with Crippen molar-refractivity contribution in [2.75, 3.05) is 12.4 Å². The SMILES string of the molecule is CNc1ncnc2c1ccn2[C@@H]1O[C@H]([C@H](O)c2ccc(Cl)c(Cl)c2)[C@@H](O)[C@H]1O. The van der Waals surface area contributed by atoms with Crippen LogP contribution < -0.4 is 5.32 Å². The third kappa shape index (κ3) is 3.12. The van der Waals surface area contributed by atoms with E-state index in [-0.39, 0.29) is 5.02 Å². The molecule has 3 aromatic rings. The molecule has 28 heavy (non-hydrogen) atoms. The van der Waals surface area contributed by atoms with Gasteiger partial charge >= 0.3 is 0 Å². The van der Waals surface area contributed by atoms with E-state index in [1.807, 2.05) is 0 Å². The molecule has 1 aromatic carbocycles. The lowest BCUT2D eigenvalue weighted by molar-refractivity contribution is -0.0848. The lowest BCUT2D eigenvalue weighted by Gasteiger charge is -2.21. The van der Waals surface area contributed by atoms with Crippen molar-refractivity contribution < 1.29 is 20.1 Å². The van der Waals surface area contributed by atoms with Crippen LogP contribution in [0.15, 0.2) is 36.8 Å². The number of halogens is 2. The molecule has 4 rings (SSSR count). The van der Waals surface area contributed by atoms with E-state index in [2.05, 4.69) is 15.3 Å². The highest BCUT2D eigenvalue weighted by molar-refractivity contribution is 6.42. The Labute approximate surface area is 170 Å². The molecule has 8 nitrogen and oxygen atoms in total. The molecule has 1 fully saturated rings. The molecule has 2 aromatic heterocycles. The van der Waals surface area contributed by atoms with Crippen molar-refractivity contribution in [1.29, 1.82) is 0 Å². The van der Waals surface area contributed by atoms with E-state index in [4.69, 9.17) is 27.9 Å². The van der Waals surface area contributed by atoms with Crippen LogP contribution in [0.5, 0.6) is 0 Å². The number of aliphatic hydroxyl groups is 3. The zero-order valence-electron chi connectivity index (χ0n) is 14.7. The van der Waals surface area contributed by atoms with Gasteiger partial charge in [0.05, 0.1) is 15.4 Å². The van der Waals surface area contributed by atoms with Crippen molar-refractivity contribution in [3.8, 4) is 0 Å². The van der Waals surface area contributed by atoms with Gasteiger partial charge in [-0.05, 0) is 23.8 Å². The van der Waals surface area contributed by atoms with Crippen molar-refractivity contribution in [2.24, 2.45) is 0 Å². The van der Waals surface area contributed by atoms with Gasteiger partial charge in [-0.15, -0.1) is 0 Å². The van der Waals surface area contributed by atoms with Crippen LogP contribution in [0.1, 0.15) is 17.9 Å². The fraction of sp³-hybridized carbons (Fsp3) is 0.333. The minimum Gasteiger partial charge on any atom is -0.387 e. The lowest BCUT2D eigenvalue weighted by Crippen LogP contribution is -2.34. The average molecular weight is 425 g/mol. The van der Waals surface area contributed by atoms with Gasteiger partial charge in [0.2, 0.25) is 0 Å². The zero-order chi connectivity index (χ0) is 20.0. The van der Waals surface area contributed by atoms with Crippen LogP contribution >= 0.6 is 23.2 Å². The fourth-order valence-corrected chi connectivity index (χ4v) is 3.74. The van der Waals surface area contributed by atoms with Crippen LogP contribution in [0.25, 0.3) is 11.0 Å². The zero-order valence-corrected chi connectivity index (χ0v) is 16.2. The molecule has 0 spiro atoms. The van der Waals surface area contributed by atoms with Gasteiger partial charge in [-0.25, -0.2) is 9.97 Å². The summed E-state index contributed by atoms with van der Waals surface area (Å²) in [5.74, 6) is 0.629. The van der Waals surface area contributed by atoms with E-state index in [0.29, 0.717) is 22.1 Å². The molecule has 10 heteroatoms. The second-order valence-corrected chi connectivity index (χ2v) is 7.34. The maximum Gasteiger partial charge on any atom is 0.164 e. The Hall–Kier alpha value is -1.94. The Morgan fingerprint density at radius 2 is 1.93 bits per heavy atom. The number of aromatic nitrogens is 3. The molecule has 3 heterocycles. The van der Waals surface area contributed by atoms with Gasteiger partial charge in [0.1, 0.15) is 42.2 Å². The van der Waals surface area contributed by atoms with Crippen LogP contribution in [-0.4, -0.2) is 55.2 Å². The summed E-state index contributed by atoms with van der Waals surface area (Å²) in [6.07, 6.45) is -2.73. The minimum atomic E-state index is -1.32. The number of hydrogen-bond acceptors (Lipinski definition) is 7. The smallest absolute Gasteiger partial charge is 0.164 e. The van der Waals surface area contributed by atoms with Gasteiger partial charge in [0.25, 0.3) is 0 Å². The number of hydrogen-bond donors (Lipinski definition) is 4. The van der Waals surface area contributed by atoms with Gasteiger partial charge in [0.15, 0.2) is 6.23 Å². The van der Waals surface area contributed by atoms with Crippen molar-refractivity contribution in [1.82, 2.24) is 14.5 Å². The number of rotatable bonds is 4. The molecule has 0 radical (unpaired) electrons. The standard InChI is InChI=1S/C18H18Cl2N4O4/c1-21-16-9-4-5-24(17(9)23-7-22-16)18-14(27)13(26)15(28-18)12(25)8-2-3-10(19)11(20)6-8/h2-7,12-15,18,25-27H,1H3,(H,21,22,23)/t12-,13+,14-,15-,18-/m1/s1. The van der Waals surface area contributed by atoms with Gasteiger partial charge in [-0.3, -0.25) is 0 Å². The van der Waals surface area contributed by atoms with Gasteiger partial charge in [-0.2, -0.15) is 0 Å². The molecule has 148 valence electrons. The second-order valence-electron chi connectivity index (χ2n) is 6.52. The normalized spacial score (nSPS) is 25.9. The molecular weight excluding hydrogens is 407 g/mol. The van der Waals surface area contributed by atoms with E-state index >= 15 is 0 Å². The molecule has 1 saturated heterocycles. The predicted octanol–water partition coefficient (Wildman–Crippen LogP) is 2.13. The molecule has 0 unspecified atom stereocenters. The molecule has 1 aliphatic rings. The Balaban J connectivity index is 1.65. The van der Waals surface area contributed by atoms with E-state index in [1.165, 1.54) is 12.4 Å². The first-order valence-corrected chi connectivity index (χ1v) is 9.32. The largest absolute Gasteiger partial charge is 0.387 e. The first-order valence-electron chi connectivity index (χ1n) is 8.56. The number of fused-ring (bicyclic) bond motifs is 1. The Bertz CT molecular complexity index is 1010. The van der Waals surface area contributed by atoms with Gasteiger partial charge in [-0.1, -0.05) is 29.3 Å². The molecule has 0 aliphatic carbocycles. The quantitative estimate of drug-likeness (QED) is 0.507.